The molecule has 2 amide bonds. The van der Waals surface area contributed by atoms with Crippen LogP contribution in [0.2, 0.25) is 0 Å². The molecule has 1 saturated carbocycles. The zero-order valence-electron chi connectivity index (χ0n) is 18.9. The highest BCUT2D eigenvalue weighted by atomic mass is 16.2. The van der Waals surface area contributed by atoms with Crippen molar-refractivity contribution in [2.75, 3.05) is 38.5 Å². The first-order valence-corrected chi connectivity index (χ1v) is 11.1. The van der Waals surface area contributed by atoms with Gasteiger partial charge < -0.3 is 20.4 Å². The van der Waals surface area contributed by atoms with Crippen LogP contribution in [0, 0.1) is 5.92 Å². The monoisotopic (exact) mass is 415 g/mol. The summed E-state index contributed by atoms with van der Waals surface area (Å²) < 4.78 is 0. The number of likely N-dealkylation sites (N-methyl/N-ethyl adjacent to an activating group) is 2. The first-order valence-electron chi connectivity index (χ1n) is 11.1. The summed E-state index contributed by atoms with van der Waals surface area (Å²) in [5.41, 5.74) is 1.83. The van der Waals surface area contributed by atoms with Crippen molar-refractivity contribution in [1.29, 1.82) is 0 Å². The van der Waals surface area contributed by atoms with E-state index in [4.69, 9.17) is 4.99 Å². The normalized spacial score (nSPS) is 14.5. The van der Waals surface area contributed by atoms with E-state index in [-0.39, 0.29) is 24.3 Å². The third-order valence-corrected chi connectivity index (χ3v) is 5.52. The molecule has 0 spiro atoms. The average Bonchev–Trinajstić information content (AvgIpc) is 3.27. The Morgan fingerprint density at radius 3 is 2.47 bits per heavy atom. The Balaban J connectivity index is 2.01. The van der Waals surface area contributed by atoms with Gasteiger partial charge in [0.25, 0.3) is 0 Å². The van der Waals surface area contributed by atoms with Crippen LogP contribution in [0.1, 0.15) is 52.0 Å². The summed E-state index contributed by atoms with van der Waals surface area (Å²) in [5, 5.41) is 6.30. The van der Waals surface area contributed by atoms with E-state index in [1.807, 2.05) is 61.9 Å². The van der Waals surface area contributed by atoms with Crippen LogP contribution in [0.15, 0.2) is 29.3 Å². The van der Waals surface area contributed by atoms with Gasteiger partial charge in [0, 0.05) is 38.3 Å². The molecule has 1 aliphatic rings. The van der Waals surface area contributed by atoms with Crippen LogP contribution in [0.5, 0.6) is 0 Å². The minimum Gasteiger partial charge on any atom is -0.357 e. The number of benzene rings is 1. The van der Waals surface area contributed by atoms with E-state index in [0.717, 1.165) is 43.5 Å². The molecule has 0 aromatic heterocycles. The van der Waals surface area contributed by atoms with Crippen molar-refractivity contribution < 1.29 is 9.59 Å². The molecular weight excluding hydrogens is 378 g/mol. The summed E-state index contributed by atoms with van der Waals surface area (Å²) in [6.07, 6.45) is 4.26. The van der Waals surface area contributed by atoms with Gasteiger partial charge in [-0.25, -0.2) is 4.99 Å². The molecule has 2 N–H and O–H groups in total. The number of anilines is 1. The van der Waals surface area contributed by atoms with Crippen LogP contribution in [-0.4, -0.2) is 60.8 Å². The second kappa shape index (κ2) is 12.2. The molecule has 30 heavy (non-hydrogen) atoms. The summed E-state index contributed by atoms with van der Waals surface area (Å²) in [6.45, 7) is 8.87. The third-order valence-electron chi connectivity index (χ3n) is 5.52. The number of rotatable bonds is 9. The number of guanidine groups is 1. The molecule has 0 aliphatic heterocycles. The number of hydrogen-bond acceptors (Lipinski definition) is 3. The van der Waals surface area contributed by atoms with Crippen molar-refractivity contribution in [3.05, 3.63) is 29.8 Å². The van der Waals surface area contributed by atoms with Crippen LogP contribution in [0.25, 0.3) is 0 Å². The lowest BCUT2D eigenvalue weighted by Gasteiger charge is -2.25. The molecule has 1 fully saturated rings. The van der Waals surface area contributed by atoms with Crippen molar-refractivity contribution in [3.8, 4) is 0 Å². The van der Waals surface area contributed by atoms with Crippen LogP contribution in [0.4, 0.5) is 5.69 Å². The first kappa shape index (κ1) is 23.7. The second-order valence-corrected chi connectivity index (χ2v) is 7.76. The fourth-order valence-electron chi connectivity index (χ4n) is 3.77. The maximum Gasteiger partial charge on any atom is 0.242 e. The lowest BCUT2D eigenvalue weighted by molar-refractivity contribution is -0.131. The molecule has 1 aliphatic carbocycles. The van der Waals surface area contributed by atoms with Gasteiger partial charge in [-0.1, -0.05) is 25.0 Å². The highest BCUT2D eigenvalue weighted by Gasteiger charge is 2.22. The van der Waals surface area contributed by atoms with Crippen LogP contribution in [0.3, 0.4) is 0 Å². The summed E-state index contributed by atoms with van der Waals surface area (Å²) in [6, 6.07) is 7.83. The lowest BCUT2D eigenvalue weighted by atomic mass is 10.1. The number of amides is 2. The Morgan fingerprint density at radius 1 is 1.13 bits per heavy atom. The third kappa shape index (κ3) is 7.04. The summed E-state index contributed by atoms with van der Waals surface area (Å²) in [7, 11) is 1.88. The predicted molar refractivity (Wildman–Crippen MR) is 122 cm³/mol. The maximum atomic E-state index is 12.4. The van der Waals surface area contributed by atoms with Gasteiger partial charge in [0.05, 0.1) is 13.1 Å². The van der Waals surface area contributed by atoms with Gasteiger partial charge in [-0.3, -0.25) is 9.59 Å². The lowest BCUT2D eigenvalue weighted by Crippen LogP contribution is -2.45. The maximum absolute atomic E-state index is 12.4. The van der Waals surface area contributed by atoms with Gasteiger partial charge >= 0.3 is 0 Å². The Bertz CT molecular complexity index is 724. The summed E-state index contributed by atoms with van der Waals surface area (Å²) in [4.78, 5) is 33.2. The fourth-order valence-corrected chi connectivity index (χ4v) is 3.77. The van der Waals surface area contributed by atoms with E-state index in [0.29, 0.717) is 25.6 Å². The van der Waals surface area contributed by atoms with Gasteiger partial charge in [0.15, 0.2) is 5.96 Å². The minimum atomic E-state index is 0.0877. The van der Waals surface area contributed by atoms with Crippen LogP contribution >= 0.6 is 0 Å². The molecule has 0 heterocycles. The Labute approximate surface area is 180 Å². The Morgan fingerprint density at radius 2 is 1.83 bits per heavy atom. The zero-order chi connectivity index (χ0) is 21.9. The van der Waals surface area contributed by atoms with Crippen LogP contribution in [-0.2, 0) is 16.1 Å². The van der Waals surface area contributed by atoms with E-state index in [1.165, 1.54) is 0 Å². The molecule has 2 rings (SSSR count). The highest BCUT2D eigenvalue weighted by Crippen LogP contribution is 2.26. The van der Waals surface area contributed by atoms with Crippen molar-refractivity contribution in [1.82, 2.24) is 15.1 Å². The van der Waals surface area contributed by atoms with E-state index in [2.05, 4.69) is 10.6 Å². The van der Waals surface area contributed by atoms with E-state index in [1.54, 1.807) is 0 Å². The predicted octanol–water partition coefficient (Wildman–Crippen LogP) is 3.08. The van der Waals surface area contributed by atoms with Crippen molar-refractivity contribution in [3.63, 3.8) is 0 Å². The molecule has 0 radical (unpaired) electrons. The first-order chi connectivity index (χ1) is 14.5. The standard InChI is InChI=1S/C23H37N5O2/c1-5-24-23(27(4)17-21(29)28(6-2)7-3)25-16-18-11-10-14-20(15-18)26-22(30)19-12-8-9-13-19/h10-11,14-15,19H,5-9,12-13,16-17H2,1-4H3,(H,24,25)(H,26,30). The van der Waals surface area contributed by atoms with Gasteiger partial charge in [-0.2, -0.15) is 0 Å². The molecule has 0 unspecified atom stereocenters. The highest BCUT2D eigenvalue weighted by molar-refractivity contribution is 5.92. The smallest absolute Gasteiger partial charge is 0.242 e. The van der Waals surface area contributed by atoms with E-state index >= 15 is 0 Å². The van der Waals surface area contributed by atoms with Gasteiger partial charge in [0.2, 0.25) is 11.8 Å². The average molecular weight is 416 g/mol. The zero-order valence-corrected chi connectivity index (χ0v) is 18.9. The number of nitrogens with zero attached hydrogens (tertiary/aromatic N) is 3. The van der Waals surface area contributed by atoms with Gasteiger partial charge in [-0.15, -0.1) is 0 Å². The number of nitrogens with one attached hydrogen (secondary N) is 2. The molecule has 1 aromatic rings. The topological polar surface area (TPSA) is 77.0 Å². The van der Waals surface area contributed by atoms with E-state index < -0.39 is 0 Å². The number of carbonyl (C=O) groups is 2. The van der Waals surface area contributed by atoms with E-state index in [9.17, 15) is 9.59 Å². The summed E-state index contributed by atoms with van der Waals surface area (Å²) >= 11 is 0. The van der Waals surface area contributed by atoms with Crippen molar-refractivity contribution >= 4 is 23.5 Å². The number of carbonyl (C=O) groups excluding carboxylic acids is 2. The molecule has 0 atom stereocenters. The summed E-state index contributed by atoms with van der Waals surface area (Å²) in [5.74, 6) is 1.04. The van der Waals surface area contributed by atoms with Gasteiger partial charge in [-0.05, 0) is 51.3 Å². The molecule has 0 saturated heterocycles. The van der Waals surface area contributed by atoms with Crippen molar-refractivity contribution in [2.24, 2.45) is 10.9 Å². The number of hydrogen-bond donors (Lipinski definition) is 2. The largest absolute Gasteiger partial charge is 0.357 e. The SMILES string of the molecule is CCNC(=NCc1cccc(NC(=O)C2CCCC2)c1)N(C)CC(=O)N(CC)CC. The minimum absolute atomic E-state index is 0.0877. The second-order valence-electron chi connectivity index (χ2n) is 7.76. The molecule has 7 nitrogen and oxygen atoms in total. The molecule has 0 bridgehead atoms. The Hall–Kier alpha value is -2.57. The van der Waals surface area contributed by atoms with Gasteiger partial charge in [0.1, 0.15) is 0 Å². The number of aliphatic imine (C=N–C) groups is 1. The fraction of sp³-hybridized carbons (Fsp3) is 0.609. The molecule has 166 valence electrons. The quantitative estimate of drug-likeness (QED) is 0.480. The van der Waals surface area contributed by atoms with Crippen molar-refractivity contribution in [2.45, 2.75) is 53.0 Å². The van der Waals surface area contributed by atoms with Crippen LogP contribution < -0.4 is 10.6 Å². The molecule has 1 aromatic carbocycles. The Kier molecular flexibility index (Phi) is 9.64. The molecule has 7 heteroatoms. The molecular formula is C23H37N5O2.